The maximum absolute atomic E-state index is 10.9. The summed E-state index contributed by atoms with van der Waals surface area (Å²) < 4.78 is 0. The summed E-state index contributed by atoms with van der Waals surface area (Å²) in [5.41, 5.74) is 0.889. The molecule has 0 saturated heterocycles. The molecule has 3 rings (SSSR count). The van der Waals surface area contributed by atoms with Crippen molar-refractivity contribution in [2.75, 3.05) is 0 Å². The van der Waals surface area contributed by atoms with E-state index >= 15 is 0 Å². The van der Waals surface area contributed by atoms with Gasteiger partial charge in [-0.05, 0) is 23.9 Å². The van der Waals surface area contributed by atoms with Crippen molar-refractivity contribution < 1.29 is 4.79 Å². The number of benzene rings is 1. The lowest BCUT2D eigenvalue weighted by Gasteiger charge is -1.97. The number of amides is 1. The molecule has 17 heavy (non-hydrogen) atoms. The maximum Gasteiger partial charge on any atom is 0.309 e. The molecule has 1 amide bonds. The van der Waals surface area contributed by atoms with Crippen LogP contribution in [-0.4, -0.2) is 21.4 Å². The van der Waals surface area contributed by atoms with Crippen LogP contribution in [0.1, 0.15) is 5.82 Å². The highest BCUT2D eigenvalue weighted by Crippen LogP contribution is 2.24. The van der Waals surface area contributed by atoms with Gasteiger partial charge < -0.3 is 0 Å². The van der Waals surface area contributed by atoms with Crippen molar-refractivity contribution in [2.24, 2.45) is 4.99 Å². The van der Waals surface area contributed by atoms with E-state index in [0.29, 0.717) is 5.82 Å². The number of rotatable bonds is 1. The Hall–Kier alpha value is -2.01. The maximum atomic E-state index is 10.9. The second kappa shape index (κ2) is 4.10. The number of carbonyl (C=O) groups excluding carboxylic acids is 1. The van der Waals surface area contributed by atoms with Gasteiger partial charge in [0.15, 0.2) is 5.82 Å². The van der Waals surface area contributed by atoms with Crippen LogP contribution in [0.25, 0.3) is 17.0 Å². The Balaban J connectivity index is 2.01. The van der Waals surface area contributed by atoms with Crippen molar-refractivity contribution in [3.8, 4) is 0 Å². The van der Waals surface area contributed by atoms with E-state index in [-0.39, 0.29) is 5.24 Å². The summed E-state index contributed by atoms with van der Waals surface area (Å²) in [4.78, 5) is 24.0. The fourth-order valence-electron chi connectivity index (χ4n) is 1.52. The number of aliphatic imine (C=N–C) groups is 1. The summed E-state index contributed by atoms with van der Waals surface area (Å²) in [7, 11) is 0. The largest absolute Gasteiger partial charge is 0.309 e. The summed E-state index contributed by atoms with van der Waals surface area (Å²) >= 11 is 1.09. The Morgan fingerprint density at radius 2 is 2.12 bits per heavy atom. The standard InChI is InChI=1S/C12H7N3OS/c16-12-14-7-9(17-12)5-11-13-6-8-3-1-2-4-10(8)15-11/h1-7H. The monoisotopic (exact) mass is 241 g/mol. The summed E-state index contributed by atoms with van der Waals surface area (Å²) in [6, 6.07) is 7.77. The van der Waals surface area contributed by atoms with Gasteiger partial charge in [-0.25, -0.2) is 15.0 Å². The van der Waals surface area contributed by atoms with E-state index in [9.17, 15) is 4.79 Å². The van der Waals surface area contributed by atoms with Gasteiger partial charge in [0.2, 0.25) is 0 Å². The van der Waals surface area contributed by atoms with Crippen LogP contribution in [0.5, 0.6) is 0 Å². The molecule has 5 heteroatoms. The minimum Gasteiger partial charge on any atom is -0.259 e. The van der Waals surface area contributed by atoms with Crippen LogP contribution in [0.3, 0.4) is 0 Å². The van der Waals surface area contributed by atoms with Gasteiger partial charge in [-0.15, -0.1) is 0 Å². The summed E-state index contributed by atoms with van der Waals surface area (Å²) in [6.45, 7) is 0. The Morgan fingerprint density at radius 1 is 1.24 bits per heavy atom. The third-order valence-electron chi connectivity index (χ3n) is 2.28. The molecule has 1 aliphatic heterocycles. The van der Waals surface area contributed by atoms with Gasteiger partial charge >= 0.3 is 5.24 Å². The molecule has 4 nitrogen and oxygen atoms in total. The molecule has 0 radical (unpaired) electrons. The molecule has 1 aromatic heterocycles. The average molecular weight is 241 g/mol. The van der Waals surface area contributed by atoms with Crippen LogP contribution < -0.4 is 0 Å². The summed E-state index contributed by atoms with van der Waals surface area (Å²) in [5.74, 6) is 0.590. The molecular formula is C12H7N3OS. The van der Waals surface area contributed by atoms with Crippen molar-refractivity contribution >= 4 is 40.2 Å². The van der Waals surface area contributed by atoms with E-state index in [2.05, 4.69) is 15.0 Å². The van der Waals surface area contributed by atoms with Gasteiger partial charge in [-0.3, -0.25) is 4.79 Å². The topological polar surface area (TPSA) is 55.2 Å². The van der Waals surface area contributed by atoms with E-state index in [1.165, 1.54) is 6.21 Å². The molecule has 1 aromatic carbocycles. The van der Waals surface area contributed by atoms with Gasteiger partial charge in [0, 0.05) is 22.7 Å². The average Bonchev–Trinajstić information content (AvgIpc) is 2.75. The Labute approximate surface area is 101 Å². The lowest BCUT2D eigenvalue weighted by molar-refractivity contribution is 0.268. The van der Waals surface area contributed by atoms with E-state index in [0.717, 1.165) is 27.6 Å². The van der Waals surface area contributed by atoms with Gasteiger partial charge in [-0.1, -0.05) is 18.2 Å². The second-order valence-electron chi connectivity index (χ2n) is 3.46. The Kier molecular flexibility index (Phi) is 2.45. The Morgan fingerprint density at radius 3 is 2.94 bits per heavy atom. The SMILES string of the molecule is O=C1N=CC(=Cc2ncc3ccccc3n2)S1. The third kappa shape index (κ3) is 2.09. The van der Waals surface area contributed by atoms with Crippen LogP contribution in [0.4, 0.5) is 4.79 Å². The fourth-order valence-corrected chi connectivity index (χ4v) is 2.10. The summed E-state index contributed by atoms with van der Waals surface area (Å²) in [5, 5.41) is 0.801. The number of allylic oxidation sites excluding steroid dienone is 1. The van der Waals surface area contributed by atoms with Crippen LogP contribution in [0, 0.1) is 0 Å². The number of hydrogen-bond acceptors (Lipinski definition) is 4. The highest BCUT2D eigenvalue weighted by atomic mass is 32.2. The number of thioether (sulfide) groups is 1. The molecule has 82 valence electrons. The first-order valence-corrected chi connectivity index (χ1v) is 5.82. The van der Waals surface area contributed by atoms with Crippen LogP contribution in [-0.2, 0) is 0 Å². The normalized spacial score (nSPS) is 17.2. The van der Waals surface area contributed by atoms with Gasteiger partial charge in [-0.2, -0.15) is 0 Å². The first-order chi connectivity index (χ1) is 8.31. The van der Waals surface area contributed by atoms with Crippen LogP contribution in [0.2, 0.25) is 0 Å². The molecule has 0 aliphatic carbocycles. The zero-order valence-electron chi connectivity index (χ0n) is 8.70. The molecule has 0 spiro atoms. The molecule has 0 atom stereocenters. The summed E-state index contributed by atoms with van der Waals surface area (Å²) in [6.07, 6.45) is 5.06. The first kappa shape index (κ1) is 10.2. The lowest BCUT2D eigenvalue weighted by Crippen LogP contribution is -1.89. The highest BCUT2D eigenvalue weighted by molar-refractivity contribution is 8.18. The predicted octanol–water partition coefficient (Wildman–Crippen LogP) is 2.91. The number of nitrogens with zero attached hydrogens (tertiary/aromatic N) is 3. The first-order valence-electron chi connectivity index (χ1n) is 5.01. The van der Waals surface area contributed by atoms with Crippen molar-refractivity contribution in [1.29, 1.82) is 0 Å². The fraction of sp³-hybridized carbons (Fsp3) is 0. The van der Waals surface area contributed by atoms with Crippen LogP contribution >= 0.6 is 11.8 Å². The van der Waals surface area contributed by atoms with Crippen LogP contribution in [0.15, 0.2) is 40.4 Å². The van der Waals surface area contributed by atoms with E-state index in [4.69, 9.17) is 0 Å². The highest BCUT2D eigenvalue weighted by Gasteiger charge is 2.11. The third-order valence-corrected chi connectivity index (χ3v) is 3.02. The quantitative estimate of drug-likeness (QED) is 0.770. The van der Waals surface area contributed by atoms with Crippen molar-refractivity contribution in [1.82, 2.24) is 9.97 Å². The zero-order chi connectivity index (χ0) is 11.7. The molecule has 1 aliphatic rings. The van der Waals surface area contributed by atoms with E-state index in [1.807, 2.05) is 24.3 Å². The molecule has 2 heterocycles. The molecule has 0 bridgehead atoms. The zero-order valence-corrected chi connectivity index (χ0v) is 9.52. The minimum atomic E-state index is -0.197. The lowest BCUT2D eigenvalue weighted by atomic mass is 10.2. The molecule has 0 N–H and O–H groups in total. The Bertz CT molecular complexity index is 664. The van der Waals surface area contributed by atoms with E-state index in [1.54, 1.807) is 12.3 Å². The minimum absolute atomic E-state index is 0.197. The van der Waals surface area contributed by atoms with Crippen molar-refractivity contribution in [3.63, 3.8) is 0 Å². The van der Waals surface area contributed by atoms with Gasteiger partial charge in [0.25, 0.3) is 0 Å². The van der Waals surface area contributed by atoms with Crippen molar-refractivity contribution in [3.05, 3.63) is 41.2 Å². The van der Waals surface area contributed by atoms with Gasteiger partial charge in [0.1, 0.15) is 0 Å². The molecular weight excluding hydrogens is 234 g/mol. The van der Waals surface area contributed by atoms with E-state index < -0.39 is 0 Å². The molecule has 0 fully saturated rings. The molecule has 0 unspecified atom stereocenters. The smallest absolute Gasteiger partial charge is 0.259 e. The van der Waals surface area contributed by atoms with Gasteiger partial charge in [0.05, 0.1) is 5.52 Å². The van der Waals surface area contributed by atoms with Crippen molar-refractivity contribution in [2.45, 2.75) is 0 Å². The number of hydrogen-bond donors (Lipinski definition) is 0. The number of para-hydroxylation sites is 1. The number of aromatic nitrogens is 2. The number of carbonyl (C=O) groups is 1. The molecule has 0 saturated carbocycles. The molecule has 2 aromatic rings. The number of fused-ring (bicyclic) bond motifs is 1. The predicted molar refractivity (Wildman–Crippen MR) is 69.0 cm³/mol. The second-order valence-corrected chi connectivity index (χ2v) is 4.48.